The molecular formula is C12H23NO3. The highest BCUT2D eigenvalue weighted by Crippen LogP contribution is 2.38. The SMILES string of the molecule is CC(C)C1(C(=O)O)CCN(CCCCO)C1. The minimum atomic E-state index is -0.660. The van der Waals surface area contributed by atoms with Crippen LogP contribution in [0.25, 0.3) is 0 Å². The van der Waals surface area contributed by atoms with E-state index in [2.05, 4.69) is 4.90 Å². The highest BCUT2D eigenvalue weighted by molar-refractivity contribution is 5.75. The van der Waals surface area contributed by atoms with E-state index in [0.717, 1.165) is 32.4 Å². The van der Waals surface area contributed by atoms with Crippen LogP contribution < -0.4 is 0 Å². The Morgan fingerprint density at radius 1 is 1.44 bits per heavy atom. The van der Waals surface area contributed by atoms with Crippen LogP contribution in [0.2, 0.25) is 0 Å². The van der Waals surface area contributed by atoms with Crippen molar-refractivity contribution < 1.29 is 15.0 Å². The Balaban J connectivity index is 2.51. The van der Waals surface area contributed by atoms with Gasteiger partial charge in [0.15, 0.2) is 0 Å². The van der Waals surface area contributed by atoms with E-state index in [9.17, 15) is 9.90 Å². The molecule has 16 heavy (non-hydrogen) atoms. The molecule has 94 valence electrons. The second-order valence-electron chi connectivity index (χ2n) is 5.07. The molecule has 1 rings (SSSR count). The first-order valence-electron chi connectivity index (χ1n) is 6.09. The first-order chi connectivity index (χ1) is 7.53. The van der Waals surface area contributed by atoms with Gasteiger partial charge in [-0.1, -0.05) is 13.8 Å². The van der Waals surface area contributed by atoms with Crippen LogP contribution in [0.4, 0.5) is 0 Å². The molecule has 0 aromatic heterocycles. The average Bonchev–Trinajstić information content (AvgIpc) is 2.64. The van der Waals surface area contributed by atoms with E-state index in [-0.39, 0.29) is 12.5 Å². The Kier molecular flexibility index (Phi) is 4.74. The molecule has 0 aromatic carbocycles. The maximum Gasteiger partial charge on any atom is 0.311 e. The summed E-state index contributed by atoms with van der Waals surface area (Å²) in [6, 6.07) is 0. The predicted octanol–water partition coefficient (Wildman–Crippen LogP) is 1.19. The molecule has 1 aliphatic rings. The lowest BCUT2D eigenvalue weighted by Crippen LogP contribution is -2.39. The van der Waals surface area contributed by atoms with Gasteiger partial charge in [0, 0.05) is 13.2 Å². The Bertz CT molecular complexity index is 242. The quantitative estimate of drug-likeness (QED) is 0.672. The lowest BCUT2D eigenvalue weighted by molar-refractivity contribution is -0.151. The molecule has 1 saturated heterocycles. The van der Waals surface area contributed by atoms with Gasteiger partial charge in [-0.2, -0.15) is 0 Å². The van der Waals surface area contributed by atoms with E-state index in [0.29, 0.717) is 6.54 Å². The van der Waals surface area contributed by atoms with Crippen LogP contribution in [0.3, 0.4) is 0 Å². The summed E-state index contributed by atoms with van der Waals surface area (Å²) in [4.78, 5) is 13.6. The monoisotopic (exact) mass is 229 g/mol. The van der Waals surface area contributed by atoms with Gasteiger partial charge in [-0.3, -0.25) is 4.79 Å². The Labute approximate surface area is 97.3 Å². The van der Waals surface area contributed by atoms with Gasteiger partial charge in [-0.05, 0) is 38.3 Å². The number of unbranched alkanes of at least 4 members (excludes halogenated alkanes) is 1. The van der Waals surface area contributed by atoms with E-state index in [1.165, 1.54) is 0 Å². The van der Waals surface area contributed by atoms with Crippen molar-refractivity contribution in [1.29, 1.82) is 0 Å². The second-order valence-corrected chi connectivity index (χ2v) is 5.07. The van der Waals surface area contributed by atoms with Gasteiger partial charge in [0.05, 0.1) is 5.41 Å². The fourth-order valence-corrected chi connectivity index (χ4v) is 2.45. The number of aliphatic hydroxyl groups is 1. The molecule has 0 saturated carbocycles. The molecule has 0 aliphatic carbocycles. The predicted molar refractivity (Wildman–Crippen MR) is 62.3 cm³/mol. The molecular weight excluding hydrogens is 206 g/mol. The Morgan fingerprint density at radius 3 is 2.56 bits per heavy atom. The summed E-state index contributed by atoms with van der Waals surface area (Å²) in [7, 11) is 0. The van der Waals surface area contributed by atoms with Gasteiger partial charge < -0.3 is 15.1 Å². The van der Waals surface area contributed by atoms with Crippen LogP contribution in [0.1, 0.15) is 33.1 Å². The van der Waals surface area contributed by atoms with E-state index in [4.69, 9.17) is 5.11 Å². The molecule has 1 aliphatic heterocycles. The molecule has 0 aromatic rings. The van der Waals surface area contributed by atoms with Gasteiger partial charge >= 0.3 is 5.97 Å². The summed E-state index contributed by atoms with van der Waals surface area (Å²) in [6.45, 7) is 6.64. The van der Waals surface area contributed by atoms with Crippen LogP contribution in [0.5, 0.6) is 0 Å². The fraction of sp³-hybridized carbons (Fsp3) is 0.917. The van der Waals surface area contributed by atoms with E-state index >= 15 is 0 Å². The maximum absolute atomic E-state index is 11.4. The number of hydrogen-bond donors (Lipinski definition) is 2. The van der Waals surface area contributed by atoms with Crippen molar-refractivity contribution in [2.75, 3.05) is 26.2 Å². The minimum absolute atomic E-state index is 0.174. The number of aliphatic hydroxyl groups excluding tert-OH is 1. The molecule has 1 unspecified atom stereocenters. The van der Waals surface area contributed by atoms with Crippen molar-refractivity contribution in [3.63, 3.8) is 0 Å². The topological polar surface area (TPSA) is 60.8 Å². The summed E-state index contributed by atoms with van der Waals surface area (Å²) < 4.78 is 0. The first kappa shape index (κ1) is 13.5. The summed E-state index contributed by atoms with van der Waals surface area (Å²) in [5.74, 6) is -0.486. The average molecular weight is 229 g/mol. The standard InChI is InChI=1S/C12H23NO3/c1-10(2)12(11(15)16)5-7-13(9-12)6-3-4-8-14/h10,14H,3-9H2,1-2H3,(H,15,16). The fourth-order valence-electron chi connectivity index (χ4n) is 2.45. The number of nitrogens with zero attached hydrogens (tertiary/aromatic N) is 1. The zero-order valence-electron chi connectivity index (χ0n) is 10.3. The molecule has 0 spiro atoms. The van der Waals surface area contributed by atoms with E-state index in [1.54, 1.807) is 0 Å². The number of hydrogen-bond acceptors (Lipinski definition) is 3. The van der Waals surface area contributed by atoms with Gasteiger partial charge in [-0.15, -0.1) is 0 Å². The van der Waals surface area contributed by atoms with Gasteiger partial charge in [0.25, 0.3) is 0 Å². The lowest BCUT2D eigenvalue weighted by atomic mass is 9.76. The molecule has 1 atom stereocenters. The summed E-state index contributed by atoms with van der Waals surface area (Å²) >= 11 is 0. The Hall–Kier alpha value is -0.610. The molecule has 0 bridgehead atoms. The smallest absolute Gasteiger partial charge is 0.311 e. The molecule has 1 heterocycles. The molecule has 1 fully saturated rings. The highest BCUT2D eigenvalue weighted by Gasteiger charge is 2.46. The van der Waals surface area contributed by atoms with Crippen LogP contribution in [0, 0.1) is 11.3 Å². The van der Waals surface area contributed by atoms with E-state index < -0.39 is 11.4 Å². The van der Waals surface area contributed by atoms with Crippen molar-refractivity contribution in [2.45, 2.75) is 33.1 Å². The van der Waals surface area contributed by atoms with Crippen LogP contribution >= 0.6 is 0 Å². The normalized spacial score (nSPS) is 26.5. The largest absolute Gasteiger partial charge is 0.481 e. The van der Waals surface area contributed by atoms with Gasteiger partial charge in [-0.25, -0.2) is 0 Å². The van der Waals surface area contributed by atoms with Crippen LogP contribution in [0.15, 0.2) is 0 Å². The molecule has 0 radical (unpaired) electrons. The zero-order valence-corrected chi connectivity index (χ0v) is 10.3. The third-order valence-electron chi connectivity index (χ3n) is 3.79. The number of likely N-dealkylation sites (tertiary alicyclic amines) is 1. The first-order valence-corrected chi connectivity index (χ1v) is 6.09. The number of carboxylic acid groups (broad SMARTS) is 1. The third-order valence-corrected chi connectivity index (χ3v) is 3.79. The van der Waals surface area contributed by atoms with Crippen molar-refractivity contribution in [3.05, 3.63) is 0 Å². The summed E-state index contributed by atoms with van der Waals surface area (Å²) in [5, 5.41) is 18.1. The summed E-state index contributed by atoms with van der Waals surface area (Å²) in [5.41, 5.74) is -0.556. The zero-order chi connectivity index (χ0) is 12.2. The van der Waals surface area contributed by atoms with Crippen LogP contribution in [-0.2, 0) is 4.79 Å². The second kappa shape index (κ2) is 5.64. The van der Waals surface area contributed by atoms with Crippen molar-refractivity contribution >= 4 is 5.97 Å². The molecule has 4 nitrogen and oxygen atoms in total. The lowest BCUT2D eigenvalue weighted by Gasteiger charge is -2.28. The number of aliphatic carboxylic acids is 1. The molecule has 4 heteroatoms. The third kappa shape index (κ3) is 2.74. The number of carboxylic acids is 1. The minimum Gasteiger partial charge on any atom is -0.481 e. The van der Waals surface area contributed by atoms with Crippen LogP contribution in [-0.4, -0.2) is 47.3 Å². The van der Waals surface area contributed by atoms with Crippen molar-refractivity contribution in [1.82, 2.24) is 4.90 Å². The van der Waals surface area contributed by atoms with E-state index in [1.807, 2.05) is 13.8 Å². The van der Waals surface area contributed by atoms with Crippen molar-refractivity contribution in [3.8, 4) is 0 Å². The molecule has 0 amide bonds. The van der Waals surface area contributed by atoms with Gasteiger partial charge in [0.2, 0.25) is 0 Å². The highest BCUT2D eigenvalue weighted by atomic mass is 16.4. The molecule has 2 N–H and O–H groups in total. The number of rotatable bonds is 6. The van der Waals surface area contributed by atoms with Gasteiger partial charge in [0.1, 0.15) is 0 Å². The summed E-state index contributed by atoms with van der Waals surface area (Å²) in [6.07, 6.45) is 2.50. The Morgan fingerprint density at radius 2 is 2.12 bits per heavy atom. The maximum atomic E-state index is 11.4. The number of carbonyl (C=O) groups is 1. The van der Waals surface area contributed by atoms with Crippen molar-refractivity contribution in [2.24, 2.45) is 11.3 Å².